The number of hydrogen-bond donors (Lipinski definition) is 0. The topological polar surface area (TPSA) is 40.2 Å². The maximum absolute atomic E-state index is 6.48. The second kappa shape index (κ2) is 11.2. The van der Waals surface area contributed by atoms with E-state index in [1.54, 1.807) is 14.2 Å². The van der Waals surface area contributed by atoms with Crippen molar-refractivity contribution in [3.05, 3.63) is 12.7 Å². The highest BCUT2D eigenvalue weighted by Gasteiger charge is 2.46. The predicted octanol–water partition coefficient (Wildman–Crippen LogP) is 4.86. The summed E-state index contributed by atoms with van der Waals surface area (Å²) in [6.07, 6.45) is 8.60. The Labute approximate surface area is 179 Å². The van der Waals surface area contributed by atoms with Crippen molar-refractivity contribution in [2.75, 3.05) is 40.5 Å². The lowest BCUT2D eigenvalue weighted by Gasteiger charge is -2.43. The molecule has 5 heteroatoms. The van der Waals surface area contributed by atoms with Gasteiger partial charge in [-0.15, -0.1) is 6.58 Å². The molecule has 1 aliphatic carbocycles. The molecule has 29 heavy (non-hydrogen) atoms. The molecule has 1 aliphatic heterocycles. The van der Waals surface area contributed by atoms with Crippen LogP contribution in [0.15, 0.2) is 12.7 Å². The molecule has 1 heterocycles. The molecule has 1 unspecified atom stereocenters. The van der Waals surface area contributed by atoms with Crippen molar-refractivity contribution in [3.63, 3.8) is 0 Å². The van der Waals surface area contributed by atoms with Crippen LogP contribution in [0.4, 0.5) is 0 Å². The van der Waals surface area contributed by atoms with Crippen molar-refractivity contribution in [3.8, 4) is 0 Å². The zero-order chi connectivity index (χ0) is 21.5. The van der Waals surface area contributed by atoms with E-state index < -0.39 is 0 Å². The number of hydrogen-bond acceptors (Lipinski definition) is 5. The monoisotopic (exact) mass is 411 g/mol. The fourth-order valence-electron chi connectivity index (χ4n) is 5.30. The maximum atomic E-state index is 6.48. The molecule has 5 nitrogen and oxygen atoms in total. The largest absolute Gasteiger partial charge is 0.355 e. The van der Waals surface area contributed by atoms with E-state index in [1.807, 2.05) is 6.08 Å². The van der Waals surface area contributed by atoms with Crippen LogP contribution >= 0.6 is 0 Å². The third-order valence-corrected chi connectivity index (χ3v) is 6.79. The average Bonchev–Trinajstić information content (AvgIpc) is 3.05. The molecular formula is C24H45NO4. The molecule has 0 aromatic carbocycles. The molecule has 2 rings (SSSR count). The highest BCUT2D eigenvalue weighted by molar-refractivity contribution is 4.90. The first-order valence-electron chi connectivity index (χ1n) is 11.4. The Morgan fingerprint density at radius 3 is 2.41 bits per heavy atom. The smallest absolute Gasteiger partial charge is 0.169 e. The van der Waals surface area contributed by atoms with E-state index in [0.29, 0.717) is 12.0 Å². The SMILES string of the molecule is C=CCN(CCC1COC2(CCC(C(C)(C)CC(C)C)CC2)O1)CC(OC)OC. The van der Waals surface area contributed by atoms with E-state index in [9.17, 15) is 0 Å². The summed E-state index contributed by atoms with van der Waals surface area (Å²) in [7, 11) is 3.35. The quantitative estimate of drug-likeness (QED) is 0.339. The van der Waals surface area contributed by atoms with Gasteiger partial charge in [0.2, 0.25) is 0 Å². The van der Waals surface area contributed by atoms with Crippen molar-refractivity contribution in [1.29, 1.82) is 0 Å². The molecule has 1 saturated carbocycles. The fourth-order valence-corrected chi connectivity index (χ4v) is 5.30. The van der Waals surface area contributed by atoms with E-state index in [0.717, 1.165) is 50.7 Å². The van der Waals surface area contributed by atoms with Gasteiger partial charge >= 0.3 is 0 Å². The Bertz CT molecular complexity index is 481. The third kappa shape index (κ3) is 7.32. The lowest BCUT2D eigenvalue weighted by atomic mass is 9.66. The van der Waals surface area contributed by atoms with E-state index >= 15 is 0 Å². The van der Waals surface area contributed by atoms with Crippen molar-refractivity contribution < 1.29 is 18.9 Å². The van der Waals surface area contributed by atoms with Crippen LogP contribution in [-0.2, 0) is 18.9 Å². The van der Waals surface area contributed by atoms with Gasteiger partial charge < -0.3 is 18.9 Å². The molecule has 1 saturated heterocycles. The van der Waals surface area contributed by atoms with Gasteiger partial charge in [-0.25, -0.2) is 0 Å². The Balaban J connectivity index is 1.80. The van der Waals surface area contributed by atoms with Gasteiger partial charge in [-0.1, -0.05) is 33.8 Å². The Morgan fingerprint density at radius 1 is 1.21 bits per heavy atom. The Morgan fingerprint density at radius 2 is 1.86 bits per heavy atom. The van der Waals surface area contributed by atoms with Gasteiger partial charge in [-0.2, -0.15) is 0 Å². The minimum atomic E-state index is -0.333. The maximum Gasteiger partial charge on any atom is 0.169 e. The molecule has 170 valence electrons. The van der Waals surface area contributed by atoms with Crippen LogP contribution < -0.4 is 0 Å². The van der Waals surface area contributed by atoms with Gasteiger partial charge in [0.25, 0.3) is 0 Å². The van der Waals surface area contributed by atoms with Gasteiger partial charge in [0.15, 0.2) is 12.1 Å². The Kier molecular flexibility index (Phi) is 9.62. The van der Waals surface area contributed by atoms with Crippen molar-refractivity contribution in [1.82, 2.24) is 4.90 Å². The van der Waals surface area contributed by atoms with Gasteiger partial charge in [0.05, 0.1) is 12.7 Å². The molecule has 2 aliphatic rings. The summed E-state index contributed by atoms with van der Waals surface area (Å²) in [5, 5.41) is 0. The van der Waals surface area contributed by atoms with E-state index in [4.69, 9.17) is 18.9 Å². The van der Waals surface area contributed by atoms with Gasteiger partial charge in [-0.05, 0) is 42.9 Å². The number of nitrogens with zero attached hydrogens (tertiary/aromatic N) is 1. The summed E-state index contributed by atoms with van der Waals surface area (Å²) in [6.45, 7) is 16.6. The molecule has 0 aromatic rings. The highest BCUT2D eigenvalue weighted by atomic mass is 16.7. The molecule has 0 N–H and O–H groups in total. The number of methoxy groups -OCH3 is 2. The molecule has 0 amide bonds. The van der Waals surface area contributed by atoms with Crippen molar-refractivity contribution in [2.45, 2.75) is 84.4 Å². The average molecular weight is 412 g/mol. The molecule has 0 radical (unpaired) electrons. The molecule has 0 bridgehead atoms. The summed E-state index contributed by atoms with van der Waals surface area (Å²) in [4.78, 5) is 2.30. The van der Waals surface area contributed by atoms with Crippen LogP contribution in [0.5, 0.6) is 0 Å². The standard InChI is InChI=1S/C24H45NO4/c1-8-14-25(17-22(26-6)27-7)15-11-21-18-28-24(29-21)12-9-20(10-13-24)23(4,5)16-19(2)3/h8,19-22H,1,9-18H2,2-7H3. The highest BCUT2D eigenvalue weighted by Crippen LogP contribution is 2.48. The van der Waals surface area contributed by atoms with Crippen LogP contribution in [0, 0.1) is 17.3 Å². The van der Waals surface area contributed by atoms with Gasteiger partial charge in [0.1, 0.15) is 0 Å². The first-order valence-corrected chi connectivity index (χ1v) is 11.4. The van der Waals surface area contributed by atoms with Crippen molar-refractivity contribution in [2.24, 2.45) is 17.3 Å². The number of rotatable bonds is 12. The molecule has 0 aromatic heterocycles. The van der Waals surface area contributed by atoms with Crippen LogP contribution in [0.3, 0.4) is 0 Å². The minimum Gasteiger partial charge on any atom is -0.355 e. The van der Waals surface area contributed by atoms with Gasteiger partial charge in [0, 0.05) is 46.7 Å². The van der Waals surface area contributed by atoms with Crippen LogP contribution in [-0.4, -0.2) is 63.5 Å². The minimum absolute atomic E-state index is 0.172. The molecule has 2 fully saturated rings. The number of ether oxygens (including phenoxy) is 4. The predicted molar refractivity (Wildman–Crippen MR) is 118 cm³/mol. The normalized spacial score (nSPS) is 28.2. The summed E-state index contributed by atoms with van der Waals surface area (Å²) in [5.41, 5.74) is 0.401. The van der Waals surface area contributed by atoms with Crippen LogP contribution in [0.1, 0.15) is 66.2 Å². The summed E-state index contributed by atoms with van der Waals surface area (Å²) < 4.78 is 23.4. The van der Waals surface area contributed by atoms with E-state index in [1.165, 1.54) is 19.3 Å². The zero-order valence-corrected chi connectivity index (χ0v) is 19.7. The van der Waals surface area contributed by atoms with E-state index in [2.05, 4.69) is 39.2 Å². The summed E-state index contributed by atoms with van der Waals surface area (Å²) >= 11 is 0. The van der Waals surface area contributed by atoms with E-state index in [-0.39, 0.29) is 18.2 Å². The molecule has 1 spiro atoms. The fraction of sp³-hybridized carbons (Fsp3) is 0.917. The zero-order valence-electron chi connectivity index (χ0n) is 19.7. The molecule has 1 atom stereocenters. The second-order valence-electron chi connectivity index (χ2n) is 10.1. The molecular weight excluding hydrogens is 366 g/mol. The summed E-state index contributed by atoms with van der Waals surface area (Å²) in [6, 6.07) is 0. The lowest BCUT2D eigenvalue weighted by molar-refractivity contribution is -0.198. The Hall–Kier alpha value is -0.460. The lowest BCUT2D eigenvalue weighted by Crippen LogP contribution is -2.40. The summed E-state index contributed by atoms with van der Waals surface area (Å²) in [5.74, 6) is 1.18. The first kappa shape index (κ1) is 24.8. The van der Waals surface area contributed by atoms with Crippen molar-refractivity contribution >= 4 is 0 Å². The van der Waals surface area contributed by atoms with Gasteiger partial charge in [-0.3, -0.25) is 4.90 Å². The van der Waals surface area contributed by atoms with Crippen LogP contribution in [0.2, 0.25) is 0 Å². The first-order chi connectivity index (χ1) is 13.7. The second-order valence-corrected chi connectivity index (χ2v) is 10.1. The van der Waals surface area contributed by atoms with Crippen LogP contribution in [0.25, 0.3) is 0 Å². The third-order valence-electron chi connectivity index (χ3n) is 6.79.